The molecule has 1 aromatic rings. The topological polar surface area (TPSA) is 37.9 Å². The maximum absolute atomic E-state index is 5.31. The third kappa shape index (κ3) is 1.50. The van der Waals surface area contributed by atoms with Crippen molar-refractivity contribution >= 4 is 0 Å². The second kappa shape index (κ2) is 3.25. The third-order valence-corrected chi connectivity index (χ3v) is 1.23. The van der Waals surface area contributed by atoms with Gasteiger partial charge in [-0.25, -0.2) is 5.10 Å². The molecular weight excluding hydrogens is 128 g/mol. The number of nitrogens with zero attached hydrogens (tertiary/aromatic N) is 1. The number of rotatable bonds is 3. The number of aromatic nitrogens is 2. The van der Waals surface area contributed by atoms with Gasteiger partial charge in [0.15, 0.2) is 0 Å². The highest BCUT2D eigenvalue weighted by molar-refractivity contribution is 5.19. The Hall–Kier alpha value is -0.990. The average Bonchev–Trinajstić information content (AvgIpc) is 2.31. The van der Waals surface area contributed by atoms with E-state index in [1.54, 1.807) is 6.20 Å². The van der Waals surface area contributed by atoms with Crippen LogP contribution in [0.25, 0.3) is 0 Å². The zero-order chi connectivity index (χ0) is 7.40. The Bertz CT molecular complexity index is 195. The van der Waals surface area contributed by atoms with E-state index in [1.165, 1.54) is 0 Å². The molecule has 0 aromatic carbocycles. The molecule has 0 saturated carbocycles. The van der Waals surface area contributed by atoms with Gasteiger partial charge in [-0.05, 0) is 13.3 Å². The van der Waals surface area contributed by atoms with E-state index in [1.807, 2.05) is 6.92 Å². The minimum atomic E-state index is 0.753. The first-order valence-corrected chi connectivity index (χ1v) is 3.47. The van der Waals surface area contributed by atoms with Crippen LogP contribution < -0.4 is 4.74 Å². The van der Waals surface area contributed by atoms with Gasteiger partial charge in [0.1, 0.15) is 0 Å². The predicted octanol–water partition coefficient (Wildman–Crippen LogP) is 1.51. The standard InChI is InChI=1S/C7H12N2O/c1-3-4-10-7-6(2)5-8-9-7/h5H,3-4H2,1-2H3,(H,8,9). The number of ether oxygens (including phenoxy) is 1. The first kappa shape index (κ1) is 7.12. The lowest BCUT2D eigenvalue weighted by atomic mass is 10.4. The molecule has 0 amide bonds. The molecule has 1 aromatic heterocycles. The van der Waals surface area contributed by atoms with Crippen molar-refractivity contribution in [2.75, 3.05) is 6.61 Å². The van der Waals surface area contributed by atoms with Crippen LogP contribution in [0.15, 0.2) is 6.20 Å². The number of nitrogens with one attached hydrogen (secondary N) is 1. The average molecular weight is 140 g/mol. The van der Waals surface area contributed by atoms with Crippen molar-refractivity contribution in [3.05, 3.63) is 11.8 Å². The van der Waals surface area contributed by atoms with Crippen molar-refractivity contribution < 1.29 is 4.74 Å². The Kier molecular flexibility index (Phi) is 2.31. The van der Waals surface area contributed by atoms with E-state index < -0.39 is 0 Å². The Morgan fingerprint density at radius 1 is 1.70 bits per heavy atom. The normalized spacial score (nSPS) is 9.80. The predicted molar refractivity (Wildman–Crippen MR) is 39.1 cm³/mol. The zero-order valence-corrected chi connectivity index (χ0v) is 6.35. The summed E-state index contributed by atoms with van der Waals surface area (Å²) < 4.78 is 5.31. The maximum atomic E-state index is 5.31. The van der Waals surface area contributed by atoms with E-state index in [9.17, 15) is 0 Å². The third-order valence-electron chi connectivity index (χ3n) is 1.23. The van der Waals surface area contributed by atoms with Crippen LogP contribution in [0.1, 0.15) is 18.9 Å². The molecule has 0 unspecified atom stereocenters. The first-order valence-electron chi connectivity index (χ1n) is 3.47. The van der Waals surface area contributed by atoms with Gasteiger partial charge in [0.05, 0.1) is 12.8 Å². The molecule has 0 bridgehead atoms. The SMILES string of the molecule is CCCOc1[nH]ncc1C. The molecule has 56 valence electrons. The van der Waals surface area contributed by atoms with Crippen molar-refractivity contribution in [1.82, 2.24) is 10.2 Å². The van der Waals surface area contributed by atoms with Gasteiger partial charge >= 0.3 is 0 Å². The van der Waals surface area contributed by atoms with Crippen LogP contribution in [0.3, 0.4) is 0 Å². The molecule has 3 heteroatoms. The summed E-state index contributed by atoms with van der Waals surface area (Å²) in [6.07, 6.45) is 2.78. The van der Waals surface area contributed by atoms with Crippen LogP contribution in [-0.2, 0) is 0 Å². The molecular formula is C7H12N2O. The second-order valence-corrected chi connectivity index (χ2v) is 2.23. The molecule has 0 fully saturated rings. The molecule has 0 radical (unpaired) electrons. The van der Waals surface area contributed by atoms with Crippen LogP contribution in [0.5, 0.6) is 5.88 Å². The van der Waals surface area contributed by atoms with Crippen LogP contribution in [0.2, 0.25) is 0 Å². The summed E-state index contributed by atoms with van der Waals surface area (Å²) in [6, 6.07) is 0. The minimum absolute atomic E-state index is 0.753. The van der Waals surface area contributed by atoms with Gasteiger partial charge in [0.2, 0.25) is 5.88 Å². The molecule has 0 aliphatic carbocycles. The molecule has 10 heavy (non-hydrogen) atoms. The number of hydrogen-bond acceptors (Lipinski definition) is 2. The molecule has 0 saturated heterocycles. The Morgan fingerprint density at radius 3 is 3.00 bits per heavy atom. The number of hydrogen-bond donors (Lipinski definition) is 1. The monoisotopic (exact) mass is 140 g/mol. The summed E-state index contributed by atoms with van der Waals surface area (Å²) in [5.74, 6) is 0.793. The number of aromatic amines is 1. The van der Waals surface area contributed by atoms with E-state index in [0.717, 1.165) is 24.5 Å². The fourth-order valence-electron chi connectivity index (χ4n) is 0.685. The van der Waals surface area contributed by atoms with Crippen LogP contribution in [0.4, 0.5) is 0 Å². The molecule has 0 atom stereocenters. The summed E-state index contributed by atoms with van der Waals surface area (Å²) in [4.78, 5) is 0. The van der Waals surface area contributed by atoms with Gasteiger partial charge in [-0.3, -0.25) is 0 Å². The highest BCUT2D eigenvalue weighted by atomic mass is 16.5. The van der Waals surface area contributed by atoms with Crippen LogP contribution in [0, 0.1) is 6.92 Å². The van der Waals surface area contributed by atoms with Gasteiger partial charge in [-0.15, -0.1) is 0 Å². The molecule has 0 aliphatic heterocycles. The van der Waals surface area contributed by atoms with Crippen molar-refractivity contribution in [3.63, 3.8) is 0 Å². The molecule has 1 heterocycles. The molecule has 1 rings (SSSR count). The summed E-state index contributed by atoms with van der Waals surface area (Å²) in [5, 5.41) is 6.59. The van der Waals surface area contributed by atoms with E-state index in [4.69, 9.17) is 4.74 Å². The lowest BCUT2D eigenvalue weighted by molar-refractivity contribution is 0.303. The molecule has 3 nitrogen and oxygen atoms in total. The maximum Gasteiger partial charge on any atom is 0.212 e. The lowest BCUT2D eigenvalue weighted by Gasteiger charge is -2.00. The first-order chi connectivity index (χ1) is 4.84. The highest BCUT2D eigenvalue weighted by Crippen LogP contribution is 2.10. The quantitative estimate of drug-likeness (QED) is 0.691. The zero-order valence-electron chi connectivity index (χ0n) is 6.35. The van der Waals surface area contributed by atoms with E-state index >= 15 is 0 Å². The highest BCUT2D eigenvalue weighted by Gasteiger charge is 1.97. The van der Waals surface area contributed by atoms with Crippen LogP contribution in [-0.4, -0.2) is 16.8 Å². The minimum Gasteiger partial charge on any atom is -0.478 e. The van der Waals surface area contributed by atoms with E-state index in [-0.39, 0.29) is 0 Å². The fraction of sp³-hybridized carbons (Fsp3) is 0.571. The molecule has 0 spiro atoms. The lowest BCUT2D eigenvalue weighted by Crippen LogP contribution is -1.96. The van der Waals surface area contributed by atoms with Crippen molar-refractivity contribution in [1.29, 1.82) is 0 Å². The largest absolute Gasteiger partial charge is 0.478 e. The van der Waals surface area contributed by atoms with E-state index in [0.29, 0.717) is 0 Å². The van der Waals surface area contributed by atoms with Gasteiger partial charge < -0.3 is 4.74 Å². The summed E-state index contributed by atoms with van der Waals surface area (Å²) in [7, 11) is 0. The van der Waals surface area contributed by atoms with Gasteiger partial charge in [-0.2, -0.15) is 5.10 Å². The van der Waals surface area contributed by atoms with Gasteiger partial charge in [-0.1, -0.05) is 6.92 Å². The Labute approximate surface area is 60.4 Å². The number of aryl methyl sites for hydroxylation is 1. The second-order valence-electron chi connectivity index (χ2n) is 2.23. The van der Waals surface area contributed by atoms with Gasteiger partial charge in [0, 0.05) is 5.56 Å². The smallest absolute Gasteiger partial charge is 0.212 e. The van der Waals surface area contributed by atoms with Crippen molar-refractivity contribution in [2.45, 2.75) is 20.3 Å². The van der Waals surface area contributed by atoms with E-state index in [2.05, 4.69) is 17.1 Å². The summed E-state index contributed by atoms with van der Waals surface area (Å²) in [6.45, 7) is 4.79. The van der Waals surface area contributed by atoms with Crippen LogP contribution >= 0.6 is 0 Å². The van der Waals surface area contributed by atoms with Crippen molar-refractivity contribution in [3.8, 4) is 5.88 Å². The summed E-state index contributed by atoms with van der Waals surface area (Å²) >= 11 is 0. The Balaban J connectivity index is 2.49. The molecule has 0 aliphatic rings. The number of H-pyrrole nitrogens is 1. The Morgan fingerprint density at radius 2 is 2.50 bits per heavy atom. The van der Waals surface area contributed by atoms with Gasteiger partial charge in [0.25, 0.3) is 0 Å². The van der Waals surface area contributed by atoms with Crippen molar-refractivity contribution in [2.24, 2.45) is 0 Å². The fourth-order valence-corrected chi connectivity index (χ4v) is 0.685. The molecule has 1 N–H and O–H groups in total. The summed E-state index contributed by atoms with van der Waals surface area (Å²) in [5.41, 5.74) is 1.06.